The van der Waals surface area contributed by atoms with Crippen LogP contribution in [0.4, 0.5) is 8.78 Å². The minimum atomic E-state index is -2.51. The van der Waals surface area contributed by atoms with Crippen molar-refractivity contribution in [2.75, 3.05) is 19.8 Å². The SMILES string of the molecule is CC(CC(=O)O)CC(=O)NCCOCC(F)F. The van der Waals surface area contributed by atoms with Crippen LogP contribution in [0.15, 0.2) is 0 Å². The number of nitrogens with one attached hydrogen (secondary N) is 1. The van der Waals surface area contributed by atoms with Crippen molar-refractivity contribution in [3.8, 4) is 0 Å². The molecule has 17 heavy (non-hydrogen) atoms. The number of hydrogen-bond donors (Lipinski definition) is 2. The standard InChI is InChI=1S/C10H17F2NO4/c1-7(5-10(15)16)4-9(14)13-2-3-17-6-8(11)12/h7-8H,2-6H2,1H3,(H,13,14)(H,15,16). The zero-order valence-electron chi connectivity index (χ0n) is 9.62. The lowest BCUT2D eigenvalue weighted by Crippen LogP contribution is -2.29. The zero-order chi connectivity index (χ0) is 13.3. The van der Waals surface area contributed by atoms with E-state index in [0.717, 1.165) is 0 Å². The molecular weight excluding hydrogens is 236 g/mol. The Morgan fingerprint density at radius 2 is 2.00 bits per heavy atom. The molecule has 0 aromatic heterocycles. The van der Waals surface area contributed by atoms with Gasteiger partial charge in [0.15, 0.2) is 0 Å². The lowest BCUT2D eigenvalue weighted by molar-refractivity contribution is -0.138. The van der Waals surface area contributed by atoms with Crippen LogP contribution in [-0.2, 0) is 14.3 Å². The molecule has 100 valence electrons. The summed E-state index contributed by atoms with van der Waals surface area (Å²) in [6, 6.07) is 0. The smallest absolute Gasteiger partial charge is 0.303 e. The Balaban J connectivity index is 3.49. The van der Waals surface area contributed by atoms with Crippen LogP contribution in [0.2, 0.25) is 0 Å². The van der Waals surface area contributed by atoms with Crippen LogP contribution in [-0.4, -0.2) is 43.2 Å². The van der Waals surface area contributed by atoms with E-state index in [9.17, 15) is 18.4 Å². The molecule has 0 aromatic carbocycles. The fourth-order valence-corrected chi connectivity index (χ4v) is 1.19. The van der Waals surface area contributed by atoms with Crippen LogP contribution >= 0.6 is 0 Å². The third-order valence-corrected chi connectivity index (χ3v) is 1.87. The molecule has 0 saturated heterocycles. The summed E-state index contributed by atoms with van der Waals surface area (Å²) in [6.45, 7) is 1.17. The highest BCUT2D eigenvalue weighted by molar-refractivity contribution is 5.77. The molecule has 5 nitrogen and oxygen atoms in total. The van der Waals surface area contributed by atoms with Crippen molar-refractivity contribution in [3.63, 3.8) is 0 Å². The van der Waals surface area contributed by atoms with E-state index in [1.165, 1.54) is 0 Å². The summed E-state index contributed by atoms with van der Waals surface area (Å²) in [4.78, 5) is 21.6. The molecule has 0 spiro atoms. The van der Waals surface area contributed by atoms with Crippen LogP contribution < -0.4 is 5.32 Å². The molecule has 0 saturated carbocycles. The third kappa shape index (κ3) is 11.0. The Labute approximate surface area is 98.1 Å². The second-order valence-corrected chi connectivity index (χ2v) is 3.72. The maximum atomic E-state index is 11.6. The Morgan fingerprint density at radius 3 is 2.53 bits per heavy atom. The first-order valence-corrected chi connectivity index (χ1v) is 5.26. The number of hydrogen-bond acceptors (Lipinski definition) is 3. The first-order chi connectivity index (χ1) is 7.91. The lowest BCUT2D eigenvalue weighted by atomic mass is 10.0. The number of carbonyl (C=O) groups is 2. The summed E-state index contributed by atoms with van der Waals surface area (Å²) >= 11 is 0. The highest BCUT2D eigenvalue weighted by atomic mass is 19.3. The number of amides is 1. The Kier molecular flexibility index (Phi) is 8.21. The number of halogens is 2. The van der Waals surface area contributed by atoms with Gasteiger partial charge in [0, 0.05) is 19.4 Å². The first-order valence-electron chi connectivity index (χ1n) is 5.26. The molecule has 1 unspecified atom stereocenters. The van der Waals surface area contributed by atoms with Crippen LogP contribution in [0.25, 0.3) is 0 Å². The van der Waals surface area contributed by atoms with Gasteiger partial charge in [-0.05, 0) is 5.92 Å². The molecule has 0 aliphatic carbocycles. The average molecular weight is 253 g/mol. The highest BCUT2D eigenvalue weighted by Crippen LogP contribution is 2.06. The van der Waals surface area contributed by atoms with Gasteiger partial charge >= 0.3 is 5.97 Å². The fourth-order valence-electron chi connectivity index (χ4n) is 1.19. The number of carbonyl (C=O) groups excluding carboxylic acids is 1. The molecule has 0 heterocycles. The van der Waals surface area contributed by atoms with Gasteiger partial charge in [0.2, 0.25) is 5.91 Å². The molecule has 0 aliphatic heterocycles. The fraction of sp³-hybridized carbons (Fsp3) is 0.800. The van der Waals surface area contributed by atoms with Crippen LogP contribution in [0.5, 0.6) is 0 Å². The molecule has 0 aromatic rings. The van der Waals surface area contributed by atoms with Crippen molar-refractivity contribution in [3.05, 3.63) is 0 Å². The molecule has 1 atom stereocenters. The van der Waals surface area contributed by atoms with Crippen LogP contribution in [0.3, 0.4) is 0 Å². The maximum absolute atomic E-state index is 11.6. The van der Waals surface area contributed by atoms with Crippen LogP contribution in [0, 0.1) is 5.92 Å². The second-order valence-electron chi connectivity index (χ2n) is 3.72. The Bertz CT molecular complexity index is 248. The quantitative estimate of drug-likeness (QED) is 0.598. The highest BCUT2D eigenvalue weighted by Gasteiger charge is 2.12. The summed E-state index contributed by atoms with van der Waals surface area (Å²) in [5.74, 6) is -1.51. The van der Waals surface area contributed by atoms with Gasteiger partial charge in [-0.2, -0.15) is 0 Å². The predicted molar refractivity (Wildman–Crippen MR) is 55.9 cm³/mol. The van der Waals surface area contributed by atoms with E-state index in [1.54, 1.807) is 6.92 Å². The van der Waals surface area contributed by atoms with Gasteiger partial charge in [-0.25, -0.2) is 8.78 Å². The summed E-state index contributed by atoms with van der Waals surface area (Å²) < 4.78 is 27.8. The van der Waals surface area contributed by atoms with Gasteiger partial charge in [-0.1, -0.05) is 6.92 Å². The molecule has 0 radical (unpaired) electrons. The van der Waals surface area contributed by atoms with E-state index in [2.05, 4.69) is 10.1 Å². The Morgan fingerprint density at radius 1 is 1.35 bits per heavy atom. The van der Waals surface area contributed by atoms with Gasteiger partial charge in [0.05, 0.1) is 6.61 Å². The molecule has 7 heteroatoms. The van der Waals surface area contributed by atoms with Gasteiger partial charge in [-0.3, -0.25) is 9.59 Å². The average Bonchev–Trinajstić information content (AvgIpc) is 2.14. The monoisotopic (exact) mass is 253 g/mol. The number of ether oxygens (including phenoxy) is 1. The van der Waals surface area contributed by atoms with E-state index >= 15 is 0 Å². The van der Waals surface area contributed by atoms with Crippen molar-refractivity contribution in [1.82, 2.24) is 5.32 Å². The number of alkyl halides is 2. The first kappa shape index (κ1) is 15.8. The van der Waals surface area contributed by atoms with Gasteiger partial charge in [-0.15, -0.1) is 0 Å². The second kappa shape index (κ2) is 8.86. The lowest BCUT2D eigenvalue weighted by Gasteiger charge is -2.09. The summed E-state index contributed by atoms with van der Waals surface area (Å²) in [6.07, 6.45) is -2.49. The van der Waals surface area contributed by atoms with E-state index in [4.69, 9.17) is 5.11 Å². The molecular formula is C10H17F2NO4. The van der Waals surface area contributed by atoms with E-state index in [1.807, 2.05) is 0 Å². The van der Waals surface area contributed by atoms with Crippen molar-refractivity contribution in [2.45, 2.75) is 26.2 Å². The van der Waals surface area contributed by atoms with Crippen molar-refractivity contribution in [2.24, 2.45) is 5.92 Å². The van der Waals surface area contributed by atoms with Crippen molar-refractivity contribution >= 4 is 11.9 Å². The van der Waals surface area contributed by atoms with E-state index in [-0.39, 0.29) is 37.8 Å². The van der Waals surface area contributed by atoms with E-state index < -0.39 is 19.0 Å². The minimum Gasteiger partial charge on any atom is -0.481 e. The molecule has 0 aliphatic rings. The maximum Gasteiger partial charge on any atom is 0.303 e. The molecule has 2 N–H and O–H groups in total. The summed E-state index contributed by atoms with van der Waals surface area (Å²) in [7, 11) is 0. The number of carboxylic acids is 1. The number of carboxylic acid groups (broad SMARTS) is 1. The van der Waals surface area contributed by atoms with Gasteiger partial charge in [0.1, 0.15) is 6.61 Å². The van der Waals surface area contributed by atoms with Crippen molar-refractivity contribution in [1.29, 1.82) is 0 Å². The predicted octanol–water partition coefficient (Wildman–Crippen LogP) is 0.885. The third-order valence-electron chi connectivity index (χ3n) is 1.87. The number of rotatable bonds is 9. The summed E-state index contributed by atoms with van der Waals surface area (Å²) in [5.41, 5.74) is 0. The normalized spacial score (nSPS) is 12.5. The molecule has 1 amide bonds. The molecule has 0 fully saturated rings. The van der Waals surface area contributed by atoms with Gasteiger partial charge in [0.25, 0.3) is 6.43 Å². The molecule has 0 bridgehead atoms. The molecule has 0 rings (SSSR count). The van der Waals surface area contributed by atoms with E-state index in [0.29, 0.717) is 0 Å². The largest absolute Gasteiger partial charge is 0.481 e. The summed E-state index contributed by atoms with van der Waals surface area (Å²) in [5, 5.41) is 10.9. The zero-order valence-corrected chi connectivity index (χ0v) is 9.62. The van der Waals surface area contributed by atoms with Gasteiger partial charge < -0.3 is 15.2 Å². The number of aliphatic carboxylic acids is 1. The topological polar surface area (TPSA) is 75.6 Å². The minimum absolute atomic E-state index is 0.0173. The van der Waals surface area contributed by atoms with Crippen LogP contribution in [0.1, 0.15) is 19.8 Å². The van der Waals surface area contributed by atoms with Crippen molar-refractivity contribution < 1.29 is 28.2 Å². The Hall–Kier alpha value is -1.24.